The first-order valence-electron chi connectivity index (χ1n) is 6.66. The number of carbonyl (C=O) groups is 2. The van der Waals surface area contributed by atoms with Crippen LogP contribution in [0.2, 0.25) is 0 Å². The summed E-state index contributed by atoms with van der Waals surface area (Å²) in [6, 6.07) is 9.32. The van der Waals surface area contributed by atoms with E-state index in [0.29, 0.717) is 5.56 Å². The van der Waals surface area contributed by atoms with Crippen LogP contribution in [0.1, 0.15) is 27.0 Å². The first-order valence-corrected chi connectivity index (χ1v) is 6.66. The zero-order chi connectivity index (χ0) is 16.3. The molecule has 2 rings (SSSR count). The highest BCUT2D eigenvalue weighted by Crippen LogP contribution is 2.27. The standard InChI is InChI=1S/C17H15FO4/c1-10-5-3-4-6-12(10)17(21)16-11(2)14(8-7-13(16)18)22-9-15(19)20/h3-8H,9H2,1-2H3,(H,19,20). The zero-order valence-corrected chi connectivity index (χ0v) is 12.2. The van der Waals surface area contributed by atoms with Crippen LogP contribution in [0.3, 0.4) is 0 Å². The van der Waals surface area contributed by atoms with Crippen LogP contribution < -0.4 is 4.74 Å². The molecule has 4 nitrogen and oxygen atoms in total. The van der Waals surface area contributed by atoms with Crippen LogP contribution in [0.15, 0.2) is 36.4 Å². The van der Waals surface area contributed by atoms with E-state index in [1.807, 2.05) is 0 Å². The molecule has 2 aromatic carbocycles. The summed E-state index contributed by atoms with van der Waals surface area (Å²) in [5, 5.41) is 8.65. The Morgan fingerprint density at radius 2 is 1.82 bits per heavy atom. The Hall–Kier alpha value is -2.69. The number of hydrogen-bond acceptors (Lipinski definition) is 3. The number of ether oxygens (including phenoxy) is 1. The molecular weight excluding hydrogens is 287 g/mol. The fourth-order valence-electron chi connectivity index (χ4n) is 2.20. The van der Waals surface area contributed by atoms with E-state index in [4.69, 9.17) is 9.84 Å². The molecule has 0 fully saturated rings. The number of ketones is 1. The number of carbonyl (C=O) groups excluding carboxylic acids is 1. The molecule has 0 aliphatic rings. The van der Waals surface area contributed by atoms with Crippen LogP contribution in [0.5, 0.6) is 5.75 Å². The molecule has 0 aromatic heterocycles. The van der Waals surface area contributed by atoms with Gasteiger partial charge in [-0.15, -0.1) is 0 Å². The largest absolute Gasteiger partial charge is 0.482 e. The third-order valence-corrected chi connectivity index (χ3v) is 3.33. The smallest absolute Gasteiger partial charge is 0.341 e. The average molecular weight is 302 g/mol. The minimum Gasteiger partial charge on any atom is -0.482 e. The number of benzene rings is 2. The van der Waals surface area contributed by atoms with Gasteiger partial charge in [-0.25, -0.2) is 9.18 Å². The second-order valence-electron chi connectivity index (χ2n) is 4.87. The molecule has 22 heavy (non-hydrogen) atoms. The van der Waals surface area contributed by atoms with E-state index in [0.717, 1.165) is 11.6 Å². The third kappa shape index (κ3) is 3.14. The Bertz CT molecular complexity index is 737. The molecule has 2 aromatic rings. The summed E-state index contributed by atoms with van der Waals surface area (Å²) in [4.78, 5) is 23.2. The highest BCUT2D eigenvalue weighted by Gasteiger charge is 2.21. The predicted molar refractivity (Wildman–Crippen MR) is 78.9 cm³/mol. The molecular formula is C17H15FO4. The van der Waals surface area contributed by atoms with Crippen LogP contribution in [0.4, 0.5) is 4.39 Å². The first-order chi connectivity index (χ1) is 10.4. The van der Waals surface area contributed by atoms with Crippen molar-refractivity contribution in [3.8, 4) is 5.75 Å². The van der Waals surface area contributed by atoms with Crippen molar-refractivity contribution in [1.29, 1.82) is 0 Å². The maximum Gasteiger partial charge on any atom is 0.341 e. The Morgan fingerprint density at radius 1 is 1.14 bits per heavy atom. The SMILES string of the molecule is Cc1ccccc1C(=O)c1c(F)ccc(OCC(=O)O)c1C. The van der Waals surface area contributed by atoms with Crippen LogP contribution in [-0.2, 0) is 4.79 Å². The van der Waals surface area contributed by atoms with Crippen molar-refractivity contribution in [2.24, 2.45) is 0 Å². The summed E-state index contributed by atoms with van der Waals surface area (Å²) in [7, 11) is 0. The van der Waals surface area contributed by atoms with Crippen molar-refractivity contribution >= 4 is 11.8 Å². The van der Waals surface area contributed by atoms with E-state index < -0.39 is 24.2 Å². The van der Waals surface area contributed by atoms with Gasteiger partial charge in [0.25, 0.3) is 0 Å². The lowest BCUT2D eigenvalue weighted by Gasteiger charge is -2.13. The van der Waals surface area contributed by atoms with E-state index in [-0.39, 0.29) is 16.9 Å². The Balaban J connectivity index is 2.46. The molecule has 0 saturated heterocycles. The number of hydrogen-bond donors (Lipinski definition) is 1. The zero-order valence-electron chi connectivity index (χ0n) is 12.2. The van der Waals surface area contributed by atoms with Crippen molar-refractivity contribution in [1.82, 2.24) is 0 Å². The van der Waals surface area contributed by atoms with Crippen molar-refractivity contribution in [3.63, 3.8) is 0 Å². The molecule has 0 bridgehead atoms. The van der Waals surface area contributed by atoms with Gasteiger partial charge in [0.15, 0.2) is 12.4 Å². The Morgan fingerprint density at radius 3 is 2.45 bits per heavy atom. The normalized spacial score (nSPS) is 10.3. The highest BCUT2D eigenvalue weighted by atomic mass is 19.1. The van der Waals surface area contributed by atoms with Gasteiger partial charge in [-0.05, 0) is 31.5 Å². The number of carboxylic acid groups (broad SMARTS) is 1. The van der Waals surface area contributed by atoms with Crippen LogP contribution in [-0.4, -0.2) is 23.5 Å². The van der Waals surface area contributed by atoms with Gasteiger partial charge in [-0.1, -0.05) is 24.3 Å². The number of carboxylic acids is 1. The Labute approximate surface area is 127 Å². The summed E-state index contributed by atoms with van der Waals surface area (Å²) in [6.45, 7) is 2.75. The number of halogens is 1. The molecule has 0 saturated carbocycles. The van der Waals surface area contributed by atoms with Gasteiger partial charge in [0, 0.05) is 11.1 Å². The van der Waals surface area contributed by atoms with E-state index in [1.54, 1.807) is 31.2 Å². The highest BCUT2D eigenvalue weighted by molar-refractivity contribution is 6.11. The Kier molecular flexibility index (Phi) is 4.56. The lowest BCUT2D eigenvalue weighted by molar-refractivity contribution is -0.139. The molecule has 5 heteroatoms. The fraction of sp³-hybridized carbons (Fsp3) is 0.176. The first kappa shape index (κ1) is 15.7. The second kappa shape index (κ2) is 6.39. The molecule has 0 amide bonds. The maximum absolute atomic E-state index is 14.1. The van der Waals surface area contributed by atoms with Crippen molar-refractivity contribution in [2.45, 2.75) is 13.8 Å². The van der Waals surface area contributed by atoms with E-state index in [9.17, 15) is 14.0 Å². The van der Waals surface area contributed by atoms with Gasteiger partial charge in [-0.3, -0.25) is 4.79 Å². The van der Waals surface area contributed by atoms with Crippen molar-refractivity contribution in [2.75, 3.05) is 6.61 Å². The monoisotopic (exact) mass is 302 g/mol. The number of aliphatic carboxylic acids is 1. The molecule has 0 aliphatic heterocycles. The summed E-state index contributed by atoms with van der Waals surface area (Å²) in [5.41, 5.74) is 1.33. The van der Waals surface area contributed by atoms with Gasteiger partial charge in [0.2, 0.25) is 0 Å². The molecule has 0 unspecified atom stereocenters. The summed E-state index contributed by atoms with van der Waals surface area (Å²) < 4.78 is 19.2. The van der Waals surface area contributed by atoms with E-state index in [2.05, 4.69) is 0 Å². The van der Waals surface area contributed by atoms with Gasteiger partial charge < -0.3 is 9.84 Å². The molecule has 0 atom stereocenters. The van der Waals surface area contributed by atoms with Crippen molar-refractivity contribution < 1.29 is 23.8 Å². The van der Waals surface area contributed by atoms with Crippen LogP contribution >= 0.6 is 0 Å². The quantitative estimate of drug-likeness (QED) is 0.862. The number of aryl methyl sites for hydroxylation is 1. The van der Waals surface area contributed by atoms with Gasteiger partial charge in [-0.2, -0.15) is 0 Å². The molecule has 0 aliphatic carbocycles. The van der Waals surface area contributed by atoms with Crippen LogP contribution in [0.25, 0.3) is 0 Å². The summed E-state index contributed by atoms with van der Waals surface area (Å²) in [6.07, 6.45) is 0. The summed E-state index contributed by atoms with van der Waals surface area (Å²) in [5.74, 6) is -2.07. The maximum atomic E-state index is 14.1. The van der Waals surface area contributed by atoms with E-state index in [1.165, 1.54) is 13.0 Å². The molecule has 0 radical (unpaired) electrons. The van der Waals surface area contributed by atoms with E-state index >= 15 is 0 Å². The predicted octanol–water partition coefficient (Wildman–Crippen LogP) is 3.14. The van der Waals surface area contributed by atoms with Gasteiger partial charge in [0.05, 0.1) is 5.56 Å². The van der Waals surface area contributed by atoms with Gasteiger partial charge in [0.1, 0.15) is 11.6 Å². The summed E-state index contributed by atoms with van der Waals surface area (Å²) >= 11 is 0. The minimum absolute atomic E-state index is 0.0998. The molecule has 114 valence electrons. The molecule has 1 N–H and O–H groups in total. The second-order valence-corrected chi connectivity index (χ2v) is 4.87. The number of rotatable bonds is 5. The van der Waals surface area contributed by atoms with Crippen LogP contribution in [0, 0.1) is 19.7 Å². The molecule has 0 heterocycles. The lowest BCUT2D eigenvalue weighted by atomic mass is 9.95. The molecule has 0 spiro atoms. The average Bonchev–Trinajstić information content (AvgIpc) is 2.46. The topological polar surface area (TPSA) is 63.6 Å². The third-order valence-electron chi connectivity index (χ3n) is 3.33. The minimum atomic E-state index is -1.14. The van der Waals surface area contributed by atoms with Gasteiger partial charge >= 0.3 is 5.97 Å². The fourth-order valence-corrected chi connectivity index (χ4v) is 2.20. The lowest BCUT2D eigenvalue weighted by Crippen LogP contribution is -2.13. The van der Waals surface area contributed by atoms with Crippen molar-refractivity contribution in [3.05, 3.63) is 64.5 Å².